The predicted molar refractivity (Wildman–Crippen MR) is 114 cm³/mol. The molecule has 1 atom stereocenters. The normalized spacial score (nSPS) is 20.6. The number of furan rings is 1. The van der Waals surface area contributed by atoms with Gasteiger partial charge in [0.1, 0.15) is 11.3 Å². The SMILES string of the molecule is CN1CCN(CCCC2CCc3oc4ccncc4c3C2)CC1.Cl.Cl.Cl. The molecule has 0 saturated carbocycles. The molecule has 0 radical (unpaired) electrons. The summed E-state index contributed by atoms with van der Waals surface area (Å²) in [5.74, 6) is 2.03. The molecule has 2 aliphatic rings. The second-order valence-electron chi connectivity index (χ2n) is 7.27. The molecule has 1 saturated heterocycles. The van der Waals surface area contributed by atoms with Gasteiger partial charge >= 0.3 is 0 Å². The fourth-order valence-corrected chi connectivity index (χ4v) is 4.11. The third-order valence-corrected chi connectivity index (χ3v) is 5.63. The molecule has 1 fully saturated rings. The van der Waals surface area contributed by atoms with E-state index in [2.05, 4.69) is 21.8 Å². The lowest BCUT2D eigenvalue weighted by Gasteiger charge is -2.32. The molecule has 1 aliphatic carbocycles. The third-order valence-electron chi connectivity index (χ3n) is 5.63. The van der Waals surface area contributed by atoms with Crippen LogP contribution in [-0.2, 0) is 12.8 Å². The Labute approximate surface area is 174 Å². The number of likely N-dealkylation sites (N-methyl/N-ethyl adjacent to an activating group) is 1. The van der Waals surface area contributed by atoms with E-state index in [0.717, 1.165) is 17.9 Å². The van der Waals surface area contributed by atoms with Crippen molar-refractivity contribution in [2.45, 2.75) is 32.1 Å². The van der Waals surface area contributed by atoms with E-state index in [1.807, 2.05) is 18.5 Å². The van der Waals surface area contributed by atoms with Crippen LogP contribution in [0.2, 0.25) is 0 Å². The molecule has 4 rings (SSSR count). The number of aryl methyl sites for hydroxylation is 1. The lowest BCUT2D eigenvalue weighted by atomic mass is 9.84. The summed E-state index contributed by atoms with van der Waals surface area (Å²) in [7, 11) is 2.22. The van der Waals surface area contributed by atoms with Crippen LogP contribution in [0.15, 0.2) is 22.9 Å². The van der Waals surface area contributed by atoms with Crippen molar-refractivity contribution in [3.63, 3.8) is 0 Å². The quantitative estimate of drug-likeness (QED) is 0.738. The standard InChI is InChI=1S/C19H27N3O.3ClH/c1-21-9-11-22(12-10-21)8-2-3-15-4-5-18-16(13-15)17-14-20-7-6-19(17)23-18;;;/h6-7,14-15H,2-5,8-13H2,1H3;3*1H. The molecule has 3 heterocycles. The maximum atomic E-state index is 6.00. The highest BCUT2D eigenvalue weighted by atomic mass is 35.5. The number of halogens is 3. The molecule has 0 N–H and O–H groups in total. The summed E-state index contributed by atoms with van der Waals surface area (Å²) in [5.41, 5.74) is 2.45. The molecule has 148 valence electrons. The molecule has 0 aromatic carbocycles. The van der Waals surface area contributed by atoms with Crippen LogP contribution in [0.4, 0.5) is 0 Å². The maximum Gasteiger partial charge on any atom is 0.137 e. The molecule has 1 unspecified atom stereocenters. The molecule has 4 nitrogen and oxygen atoms in total. The van der Waals surface area contributed by atoms with Gasteiger partial charge in [0, 0.05) is 55.9 Å². The van der Waals surface area contributed by atoms with Crippen molar-refractivity contribution < 1.29 is 4.42 Å². The van der Waals surface area contributed by atoms with Crippen molar-refractivity contribution in [3.05, 3.63) is 29.8 Å². The first-order valence-electron chi connectivity index (χ1n) is 9.05. The Balaban J connectivity index is 0.00000113. The zero-order valence-corrected chi connectivity index (χ0v) is 17.8. The lowest BCUT2D eigenvalue weighted by molar-refractivity contribution is 0.149. The minimum Gasteiger partial charge on any atom is -0.461 e. The number of pyridine rings is 1. The Hall–Kier alpha value is -0.520. The second-order valence-corrected chi connectivity index (χ2v) is 7.27. The number of aromatic nitrogens is 1. The summed E-state index contributed by atoms with van der Waals surface area (Å²) in [6.45, 7) is 6.19. The summed E-state index contributed by atoms with van der Waals surface area (Å²) >= 11 is 0. The monoisotopic (exact) mass is 421 g/mol. The minimum absolute atomic E-state index is 0. The molecular weight excluding hydrogens is 393 g/mol. The van der Waals surface area contributed by atoms with E-state index in [4.69, 9.17) is 4.42 Å². The highest BCUT2D eigenvalue weighted by Crippen LogP contribution is 2.35. The molecule has 0 amide bonds. The number of rotatable bonds is 4. The summed E-state index contributed by atoms with van der Waals surface area (Å²) in [4.78, 5) is 9.34. The smallest absolute Gasteiger partial charge is 0.137 e. The van der Waals surface area contributed by atoms with Gasteiger partial charge in [0.2, 0.25) is 0 Å². The van der Waals surface area contributed by atoms with Gasteiger partial charge in [-0.3, -0.25) is 4.98 Å². The average molecular weight is 423 g/mol. The van der Waals surface area contributed by atoms with Crippen LogP contribution < -0.4 is 0 Å². The van der Waals surface area contributed by atoms with Crippen LogP contribution in [0, 0.1) is 5.92 Å². The van der Waals surface area contributed by atoms with E-state index in [1.54, 1.807) is 0 Å². The summed E-state index contributed by atoms with van der Waals surface area (Å²) in [6.07, 6.45) is 10.0. The van der Waals surface area contributed by atoms with Gasteiger partial charge in [-0.25, -0.2) is 0 Å². The average Bonchev–Trinajstić information content (AvgIpc) is 2.95. The van der Waals surface area contributed by atoms with Crippen LogP contribution in [0.25, 0.3) is 11.0 Å². The Morgan fingerprint density at radius 3 is 2.69 bits per heavy atom. The number of nitrogens with zero attached hydrogens (tertiary/aromatic N) is 3. The van der Waals surface area contributed by atoms with Crippen LogP contribution >= 0.6 is 37.2 Å². The van der Waals surface area contributed by atoms with Gasteiger partial charge in [0.25, 0.3) is 0 Å². The van der Waals surface area contributed by atoms with Crippen LogP contribution in [-0.4, -0.2) is 54.6 Å². The number of fused-ring (bicyclic) bond motifs is 3. The zero-order valence-electron chi connectivity index (χ0n) is 15.4. The molecule has 0 spiro atoms. The summed E-state index contributed by atoms with van der Waals surface area (Å²) < 4.78 is 6.00. The fourth-order valence-electron chi connectivity index (χ4n) is 4.11. The van der Waals surface area contributed by atoms with Crippen LogP contribution in [0.1, 0.15) is 30.6 Å². The first kappa shape index (κ1) is 23.5. The fraction of sp³-hybridized carbons (Fsp3) is 0.632. The molecule has 1 aliphatic heterocycles. The summed E-state index contributed by atoms with van der Waals surface area (Å²) in [6, 6.07) is 2.00. The van der Waals surface area contributed by atoms with E-state index in [9.17, 15) is 0 Å². The molecule has 26 heavy (non-hydrogen) atoms. The number of hydrogen-bond donors (Lipinski definition) is 0. The molecule has 2 aromatic rings. The Morgan fingerprint density at radius 2 is 1.92 bits per heavy atom. The first-order chi connectivity index (χ1) is 11.3. The predicted octanol–water partition coefficient (Wildman–Crippen LogP) is 4.23. The van der Waals surface area contributed by atoms with Crippen molar-refractivity contribution >= 4 is 48.2 Å². The first-order valence-corrected chi connectivity index (χ1v) is 9.05. The van der Waals surface area contributed by atoms with Crippen molar-refractivity contribution in [1.29, 1.82) is 0 Å². The van der Waals surface area contributed by atoms with Gasteiger partial charge in [0.15, 0.2) is 0 Å². The van der Waals surface area contributed by atoms with Crippen molar-refractivity contribution in [2.75, 3.05) is 39.8 Å². The van der Waals surface area contributed by atoms with Crippen molar-refractivity contribution in [2.24, 2.45) is 5.92 Å². The van der Waals surface area contributed by atoms with Gasteiger partial charge in [-0.1, -0.05) is 0 Å². The van der Waals surface area contributed by atoms with E-state index in [1.165, 1.54) is 75.1 Å². The lowest BCUT2D eigenvalue weighted by Crippen LogP contribution is -2.44. The summed E-state index contributed by atoms with van der Waals surface area (Å²) in [5, 5.41) is 1.24. The molecule has 0 bridgehead atoms. The minimum atomic E-state index is 0. The van der Waals surface area contributed by atoms with E-state index in [0.29, 0.717) is 0 Å². The molecular formula is C19H30Cl3N3O. The topological polar surface area (TPSA) is 32.5 Å². The van der Waals surface area contributed by atoms with Crippen molar-refractivity contribution in [3.8, 4) is 0 Å². The maximum absolute atomic E-state index is 6.00. The van der Waals surface area contributed by atoms with Crippen LogP contribution in [0.3, 0.4) is 0 Å². The Morgan fingerprint density at radius 1 is 1.15 bits per heavy atom. The zero-order chi connectivity index (χ0) is 15.6. The van der Waals surface area contributed by atoms with Crippen molar-refractivity contribution in [1.82, 2.24) is 14.8 Å². The third kappa shape index (κ3) is 5.26. The largest absolute Gasteiger partial charge is 0.461 e. The van der Waals surface area contributed by atoms with Crippen LogP contribution in [0.5, 0.6) is 0 Å². The number of piperazine rings is 1. The van der Waals surface area contributed by atoms with E-state index >= 15 is 0 Å². The Bertz CT molecular complexity index is 671. The molecule has 2 aromatic heterocycles. The van der Waals surface area contributed by atoms with Gasteiger partial charge < -0.3 is 14.2 Å². The van der Waals surface area contributed by atoms with E-state index in [-0.39, 0.29) is 37.2 Å². The highest BCUT2D eigenvalue weighted by molar-refractivity contribution is 5.86. The van der Waals surface area contributed by atoms with Gasteiger partial charge in [-0.2, -0.15) is 0 Å². The van der Waals surface area contributed by atoms with E-state index < -0.39 is 0 Å². The molecule has 7 heteroatoms. The van der Waals surface area contributed by atoms with Gasteiger partial charge in [-0.15, -0.1) is 37.2 Å². The second kappa shape index (κ2) is 10.7. The van der Waals surface area contributed by atoms with Gasteiger partial charge in [-0.05, 0) is 51.3 Å². The Kier molecular flexibility index (Phi) is 9.70. The highest BCUT2D eigenvalue weighted by Gasteiger charge is 2.24. The number of hydrogen-bond acceptors (Lipinski definition) is 4. The van der Waals surface area contributed by atoms with Gasteiger partial charge in [0.05, 0.1) is 0 Å².